The zero-order valence-corrected chi connectivity index (χ0v) is 17.1. The first kappa shape index (κ1) is 19.9. The van der Waals surface area contributed by atoms with Gasteiger partial charge in [0.05, 0.1) is 35.8 Å². The fraction of sp³-hybridized carbons (Fsp3) is 0.429. The Bertz CT molecular complexity index is 1060. The van der Waals surface area contributed by atoms with E-state index < -0.39 is 17.9 Å². The van der Waals surface area contributed by atoms with Gasteiger partial charge in [0.2, 0.25) is 0 Å². The van der Waals surface area contributed by atoms with Gasteiger partial charge in [0.1, 0.15) is 11.5 Å². The first-order valence-corrected chi connectivity index (χ1v) is 10.0. The molecule has 1 aromatic heterocycles. The number of carbonyl (C=O) groups excluding carboxylic acids is 4. The largest absolute Gasteiger partial charge is 0.376 e. The summed E-state index contributed by atoms with van der Waals surface area (Å²) in [6.45, 7) is 5.89. The SMILES string of the molecule is CC(Nc1cccc2c1C(=O)N(C1CCC(=O)CC1=O)C2=O)c1cn(C(C)C)nn1. The number of nitrogens with zero attached hydrogens (tertiary/aromatic N) is 4. The molecule has 0 radical (unpaired) electrons. The van der Waals surface area contributed by atoms with Crippen molar-refractivity contribution < 1.29 is 19.2 Å². The first-order chi connectivity index (χ1) is 14.3. The van der Waals surface area contributed by atoms with E-state index in [1.165, 1.54) is 0 Å². The third kappa shape index (κ3) is 3.30. The van der Waals surface area contributed by atoms with Gasteiger partial charge in [-0.3, -0.25) is 24.1 Å². The number of Topliss-reactive ketones (excluding diaryl/α,β-unsaturated/α-hetero) is 2. The van der Waals surface area contributed by atoms with Gasteiger partial charge in [-0.1, -0.05) is 11.3 Å². The van der Waals surface area contributed by atoms with Gasteiger partial charge in [-0.2, -0.15) is 0 Å². The van der Waals surface area contributed by atoms with Crippen LogP contribution in [-0.4, -0.2) is 49.3 Å². The van der Waals surface area contributed by atoms with Crippen LogP contribution in [0.4, 0.5) is 5.69 Å². The van der Waals surface area contributed by atoms with Crippen molar-refractivity contribution in [3.63, 3.8) is 0 Å². The van der Waals surface area contributed by atoms with Gasteiger partial charge in [-0.25, -0.2) is 4.68 Å². The molecule has 2 unspecified atom stereocenters. The maximum Gasteiger partial charge on any atom is 0.264 e. The van der Waals surface area contributed by atoms with E-state index in [1.54, 1.807) is 22.9 Å². The van der Waals surface area contributed by atoms with Crippen LogP contribution in [0, 0.1) is 0 Å². The van der Waals surface area contributed by atoms with Crippen LogP contribution in [0.2, 0.25) is 0 Å². The molecule has 1 aliphatic heterocycles. The number of imide groups is 1. The van der Waals surface area contributed by atoms with Crippen molar-refractivity contribution in [2.45, 2.75) is 58.2 Å². The number of hydrogen-bond acceptors (Lipinski definition) is 7. The Balaban J connectivity index is 1.61. The quantitative estimate of drug-likeness (QED) is 0.595. The summed E-state index contributed by atoms with van der Waals surface area (Å²) in [4.78, 5) is 51.0. The predicted molar refractivity (Wildman–Crippen MR) is 107 cm³/mol. The Morgan fingerprint density at radius 2 is 1.87 bits per heavy atom. The molecule has 2 aromatic rings. The monoisotopic (exact) mass is 409 g/mol. The normalized spacial score (nSPS) is 20.1. The summed E-state index contributed by atoms with van der Waals surface area (Å²) in [5.41, 5.74) is 1.71. The molecule has 2 atom stereocenters. The fourth-order valence-electron chi connectivity index (χ4n) is 3.89. The van der Waals surface area contributed by atoms with Crippen LogP contribution in [-0.2, 0) is 9.59 Å². The van der Waals surface area contributed by atoms with Gasteiger partial charge in [-0.15, -0.1) is 5.10 Å². The topological polar surface area (TPSA) is 114 Å². The van der Waals surface area contributed by atoms with Gasteiger partial charge >= 0.3 is 0 Å². The van der Waals surface area contributed by atoms with Crippen molar-refractivity contribution in [2.75, 3.05) is 5.32 Å². The molecule has 2 heterocycles. The Hall–Kier alpha value is -3.36. The number of rotatable bonds is 5. The molecular formula is C21H23N5O4. The van der Waals surface area contributed by atoms with E-state index >= 15 is 0 Å². The molecule has 30 heavy (non-hydrogen) atoms. The number of ketones is 2. The Labute approximate surface area is 173 Å². The van der Waals surface area contributed by atoms with E-state index in [0.717, 1.165) is 4.90 Å². The predicted octanol–water partition coefficient (Wildman–Crippen LogP) is 2.32. The summed E-state index contributed by atoms with van der Waals surface area (Å²) in [5, 5.41) is 11.5. The molecule has 9 heteroatoms. The highest BCUT2D eigenvalue weighted by Crippen LogP contribution is 2.34. The number of anilines is 1. The maximum atomic E-state index is 13.2. The fourth-order valence-corrected chi connectivity index (χ4v) is 3.89. The van der Waals surface area contributed by atoms with E-state index in [9.17, 15) is 19.2 Å². The molecule has 1 N–H and O–H groups in total. The van der Waals surface area contributed by atoms with Crippen molar-refractivity contribution in [3.05, 3.63) is 41.2 Å². The van der Waals surface area contributed by atoms with Gasteiger partial charge in [0, 0.05) is 18.2 Å². The van der Waals surface area contributed by atoms with Crippen LogP contribution < -0.4 is 5.32 Å². The second-order valence-electron chi connectivity index (χ2n) is 8.03. The highest BCUT2D eigenvalue weighted by Gasteiger charge is 2.45. The van der Waals surface area contributed by atoms with E-state index in [4.69, 9.17) is 0 Å². The molecule has 1 fully saturated rings. The van der Waals surface area contributed by atoms with Crippen molar-refractivity contribution in [1.82, 2.24) is 19.9 Å². The van der Waals surface area contributed by atoms with Gasteiger partial charge < -0.3 is 5.32 Å². The van der Waals surface area contributed by atoms with Crippen molar-refractivity contribution in [1.29, 1.82) is 0 Å². The first-order valence-electron chi connectivity index (χ1n) is 10.0. The molecule has 1 aliphatic carbocycles. The molecule has 2 amide bonds. The van der Waals surface area contributed by atoms with Gasteiger partial charge in [-0.05, 0) is 39.3 Å². The van der Waals surface area contributed by atoms with Crippen LogP contribution in [0.25, 0.3) is 0 Å². The number of hydrogen-bond donors (Lipinski definition) is 1. The molecule has 1 saturated carbocycles. The maximum absolute atomic E-state index is 13.2. The highest BCUT2D eigenvalue weighted by atomic mass is 16.2. The van der Waals surface area contributed by atoms with Gasteiger partial charge in [0.15, 0.2) is 5.78 Å². The van der Waals surface area contributed by atoms with Crippen LogP contribution >= 0.6 is 0 Å². The minimum absolute atomic E-state index is 0.154. The number of aromatic nitrogens is 3. The number of nitrogens with one attached hydrogen (secondary N) is 1. The van der Waals surface area contributed by atoms with E-state index in [-0.39, 0.29) is 54.0 Å². The third-order valence-electron chi connectivity index (χ3n) is 5.57. The second-order valence-corrected chi connectivity index (χ2v) is 8.03. The summed E-state index contributed by atoms with van der Waals surface area (Å²) in [6, 6.07) is 4.04. The second kappa shape index (κ2) is 7.47. The smallest absolute Gasteiger partial charge is 0.264 e. The van der Waals surface area contributed by atoms with Crippen LogP contribution in [0.1, 0.15) is 78.5 Å². The van der Waals surface area contributed by atoms with Crippen LogP contribution in [0.5, 0.6) is 0 Å². The number of carbonyl (C=O) groups is 4. The highest BCUT2D eigenvalue weighted by molar-refractivity contribution is 6.25. The molecule has 0 saturated heterocycles. The summed E-state index contributed by atoms with van der Waals surface area (Å²) < 4.78 is 1.75. The summed E-state index contributed by atoms with van der Waals surface area (Å²) in [5.74, 6) is -1.54. The summed E-state index contributed by atoms with van der Waals surface area (Å²) in [7, 11) is 0. The van der Waals surface area contributed by atoms with Gasteiger partial charge in [0.25, 0.3) is 11.8 Å². The standard InChI is InChI=1S/C21H23N5O4/c1-11(2)25-10-16(23-24-25)12(3)22-15-6-4-5-14-19(15)21(30)26(20(14)29)17-8-7-13(27)9-18(17)28/h4-6,10-12,17,22H,7-9H2,1-3H3. The van der Waals surface area contributed by atoms with E-state index in [2.05, 4.69) is 15.6 Å². The Kier molecular flexibility index (Phi) is 4.97. The lowest BCUT2D eigenvalue weighted by molar-refractivity contribution is -0.132. The van der Waals surface area contributed by atoms with Crippen molar-refractivity contribution in [2.24, 2.45) is 0 Å². The molecule has 2 aliphatic rings. The lowest BCUT2D eigenvalue weighted by Crippen LogP contribution is -2.47. The van der Waals surface area contributed by atoms with Crippen LogP contribution in [0.3, 0.4) is 0 Å². The van der Waals surface area contributed by atoms with E-state index in [0.29, 0.717) is 11.4 Å². The number of amides is 2. The lowest BCUT2D eigenvalue weighted by Gasteiger charge is -2.27. The number of fused-ring (bicyclic) bond motifs is 1. The molecule has 0 spiro atoms. The average molecular weight is 409 g/mol. The molecular weight excluding hydrogens is 386 g/mol. The molecule has 9 nitrogen and oxygen atoms in total. The zero-order chi connectivity index (χ0) is 21.6. The molecule has 4 rings (SSSR count). The minimum Gasteiger partial charge on any atom is -0.376 e. The molecule has 156 valence electrons. The number of benzene rings is 1. The third-order valence-corrected chi connectivity index (χ3v) is 5.57. The molecule has 0 bridgehead atoms. The van der Waals surface area contributed by atoms with Crippen LogP contribution in [0.15, 0.2) is 24.4 Å². The van der Waals surface area contributed by atoms with E-state index in [1.807, 2.05) is 27.0 Å². The summed E-state index contributed by atoms with van der Waals surface area (Å²) in [6.07, 6.45) is 1.98. The molecule has 1 aromatic carbocycles. The van der Waals surface area contributed by atoms with Crippen molar-refractivity contribution in [3.8, 4) is 0 Å². The Morgan fingerprint density at radius 3 is 2.53 bits per heavy atom. The minimum atomic E-state index is -0.883. The van der Waals surface area contributed by atoms with Crippen molar-refractivity contribution >= 4 is 29.1 Å². The zero-order valence-electron chi connectivity index (χ0n) is 17.1. The summed E-state index contributed by atoms with van der Waals surface area (Å²) >= 11 is 0. The average Bonchev–Trinajstić information content (AvgIpc) is 3.28. The lowest BCUT2D eigenvalue weighted by atomic mass is 9.92. The Morgan fingerprint density at radius 1 is 1.10 bits per heavy atom.